The Hall–Kier alpha value is -1.56. The zero-order valence-electron chi connectivity index (χ0n) is 13.3. The molecule has 0 spiro atoms. The molecule has 6 nitrogen and oxygen atoms in total. The van der Waals surface area contributed by atoms with Gasteiger partial charge in [-0.2, -0.15) is 0 Å². The fourth-order valence-electron chi connectivity index (χ4n) is 2.60. The van der Waals surface area contributed by atoms with Gasteiger partial charge >= 0.3 is 0 Å². The monoisotopic (exact) mass is 294 g/mol. The number of hydrogen-bond acceptors (Lipinski definition) is 6. The van der Waals surface area contributed by atoms with E-state index in [0.717, 1.165) is 63.0 Å². The maximum Gasteiger partial charge on any atom is 0.204 e. The number of ether oxygens (including phenoxy) is 2. The molecule has 1 aliphatic rings. The van der Waals surface area contributed by atoms with Gasteiger partial charge < -0.3 is 19.7 Å². The minimum atomic E-state index is 0.649. The maximum absolute atomic E-state index is 5.53. The SMILES string of the molecule is CCCNc1ncnc(N(C)CC2CCOCC2)c1OC. The molecule has 1 aromatic heterocycles. The summed E-state index contributed by atoms with van der Waals surface area (Å²) in [6.45, 7) is 5.69. The first-order chi connectivity index (χ1) is 10.3. The second kappa shape index (κ2) is 8.02. The lowest BCUT2D eigenvalue weighted by molar-refractivity contribution is 0.0684. The van der Waals surface area contributed by atoms with E-state index >= 15 is 0 Å². The largest absolute Gasteiger partial charge is 0.490 e. The number of hydrogen-bond donors (Lipinski definition) is 1. The van der Waals surface area contributed by atoms with Gasteiger partial charge in [-0.1, -0.05) is 6.92 Å². The predicted molar refractivity (Wildman–Crippen MR) is 84.2 cm³/mol. The lowest BCUT2D eigenvalue weighted by Crippen LogP contribution is -2.30. The molecule has 21 heavy (non-hydrogen) atoms. The zero-order chi connectivity index (χ0) is 15.1. The van der Waals surface area contributed by atoms with Crippen LogP contribution in [0, 0.1) is 5.92 Å². The van der Waals surface area contributed by atoms with Crippen molar-refractivity contribution in [1.29, 1.82) is 0 Å². The van der Waals surface area contributed by atoms with Crippen LogP contribution in [-0.2, 0) is 4.74 Å². The molecule has 1 N–H and O–H groups in total. The second-order valence-electron chi connectivity index (χ2n) is 5.44. The molecule has 0 saturated carbocycles. The van der Waals surface area contributed by atoms with Crippen LogP contribution in [0.3, 0.4) is 0 Å². The van der Waals surface area contributed by atoms with E-state index < -0.39 is 0 Å². The molecule has 0 atom stereocenters. The van der Waals surface area contributed by atoms with Gasteiger partial charge in [-0.15, -0.1) is 0 Å². The molecule has 0 amide bonds. The van der Waals surface area contributed by atoms with Crippen LogP contribution in [-0.4, -0.2) is 50.4 Å². The van der Waals surface area contributed by atoms with Crippen LogP contribution < -0.4 is 15.0 Å². The number of anilines is 2. The van der Waals surface area contributed by atoms with Crippen LogP contribution in [0.5, 0.6) is 5.75 Å². The maximum atomic E-state index is 5.53. The Kier molecular flexibility index (Phi) is 6.04. The van der Waals surface area contributed by atoms with Gasteiger partial charge in [0.2, 0.25) is 5.75 Å². The van der Waals surface area contributed by atoms with Crippen molar-refractivity contribution in [2.45, 2.75) is 26.2 Å². The van der Waals surface area contributed by atoms with Gasteiger partial charge in [-0.3, -0.25) is 0 Å². The molecular formula is C15H26N4O2. The Labute approximate surface area is 126 Å². The molecule has 0 radical (unpaired) electrons. The first-order valence-corrected chi connectivity index (χ1v) is 7.68. The zero-order valence-corrected chi connectivity index (χ0v) is 13.3. The third kappa shape index (κ3) is 4.20. The standard InChI is InChI=1S/C15H26N4O2/c1-4-7-16-14-13(20-3)15(18-11-17-14)19(2)10-12-5-8-21-9-6-12/h11-12H,4-10H2,1-3H3,(H,16,17,18). The van der Waals surface area contributed by atoms with Crippen molar-refractivity contribution in [1.82, 2.24) is 9.97 Å². The number of rotatable bonds is 7. The van der Waals surface area contributed by atoms with Gasteiger partial charge in [0.05, 0.1) is 7.11 Å². The van der Waals surface area contributed by atoms with Crippen molar-refractivity contribution in [2.75, 3.05) is 50.7 Å². The van der Waals surface area contributed by atoms with Crippen LogP contribution in [0.2, 0.25) is 0 Å². The van der Waals surface area contributed by atoms with Crippen LogP contribution in [0.4, 0.5) is 11.6 Å². The quantitative estimate of drug-likeness (QED) is 0.831. The van der Waals surface area contributed by atoms with E-state index in [0.29, 0.717) is 5.92 Å². The highest BCUT2D eigenvalue weighted by Crippen LogP contribution is 2.32. The third-order valence-corrected chi connectivity index (χ3v) is 3.77. The van der Waals surface area contributed by atoms with Gasteiger partial charge in [-0.25, -0.2) is 9.97 Å². The van der Waals surface area contributed by atoms with Crippen molar-refractivity contribution in [3.05, 3.63) is 6.33 Å². The Morgan fingerprint density at radius 1 is 1.38 bits per heavy atom. The first kappa shape index (κ1) is 15.8. The summed E-state index contributed by atoms with van der Waals surface area (Å²) < 4.78 is 10.9. The normalized spacial score (nSPS) is 15.8. The minimum absolute atomic E-state index is 0.649. The van der Waals surface area contributed by atoms with Gasteiger partial charge in [0.15, 0.2) is 11.6 Å². The van der Waals surface area contributed by atoms with Gasteiger partial charge in [0, 0.05) is 33.4 Å². The van der Waals surface area contributed by atoms with Crippen molar-refractivity contribution < 1.29 is 9.47 Å². The summed E-state index contributed by atoms with van der Waals surface area (Å²) in [5, 5.41) is 3.29. The average Bonchev–Trinajstić information content (AvgIpc) is 2.53. The number of nitrogens with one attached hydrogen (secondary N) is 1. The third-order valence-electron chi connectivity index (χ3n) is 3.77. The topological polar surface area (TPSA) is 59.5 Å². The van der Waals surface area contributed by atoms with Crippen molar-refractivity contribution in [3.63, 3.8) is 0 Å². The molecule has 1 fully saturated rings. The summed E-state index contributed by atoms with van der Waals surface area (Å²) >= 11 is 0. The lowest BCUT2D eigenvalue weighted by atomic mass is 10.00. The Morgan fingerprint density at radius 2 is 2.14 bits per heavy atom. The fourth-order valence-corrected chi connectivity index (χ4v) is 2.60. The highest BCUT2D eigenvalue weighted by molar-refractivity contribution is 5.64. The van der Waals surface area contributed by atoms with Crippen LogP contribution in [0.15, 0.2) is 6.33 Å². The highest BCUT2D eigenvalue weighted by atomic mass is 16.5. The van der Waals surface area contributed by atoms with Crippen molar-refractivity contribution in [3.8, 4) is 5.75 Å². The average molecular weight is 294 g/mol. The van der Waals surface area contributed by atoms with E-state index in [1.807, 2.05) is 0 Å². The summed E-state index contributed by atoms with van der Waals surface area (Å²) in [4.78, 5) is 10.8. The number of methoxy groups -OCH3 is 1. The van der Waals surface area contributed by atoms with Gasteiger partial charge in [-0.05, 0) is 25.2 Å². The van der Waals surface area contributed by atoms with Crippen molar-refractivity contribution in [2.24, 2.45) is 5.92 Å². The summed E-state index contributed by atoms with van der Waals surface area (Å²) in [6.07, 6.45) is 4.86. The molecule has 0 aliphatic carbocycles. The molecular weight excluding hydrogens is 268 g/mol. The van der Waals surface area contributed by atoms with Crippen LogP contribution in [0.25, 0.3) is 0 Å². The minimum Gasteiger partial charge on any atom is -0.490 e. The summed E-state index contributed by atoms with van der Waals surface area (Å²) in [5.74, 6) is 2.98. The predicted octanol–water partition coefficient (Wildman–Crippen LogP) is 2.17. The van der Waals surface area contributed by atoms with E-state index in [1.54, 1.807) is 13.4 Å². The molecule has 2 heterocycles. The summed E-state index contributed by atoms with van der Waals surface area (Å²) in [6, 6.07) is 0. The molecule has 1 aliphatic heterocycles. The fraction of sp³-hybridized carbons (Fsp3) is 0.733. The molecule has 2 rings (SSSR count). The second-order valence-corrected chi connectivity index (χ2v) is 5.44. The van der Waals surface area contributed by atoms with E-state index in [-0.39, 0.29) is 0 Å². The lowest BCUT2D eigenvalue weighted by Gasteiger charge is -2.28. The van der Waals surface area contributed by atoms with Crippen molar-refractivity contribution >= 4 is 11.6 Å². The van der Waals surface area contributed by atoms with E-state index in [4.69, 9.17) is 9.47 Å². The van der Waals surface area contributed by atoms with Crippen LogP contribution in [0.1, 0.15) is 26.2 Å². The molecule has 1 aromatic rings. The molecule has 6 heteroatoms. The Bertz CT molecular complexity index is 436. The van der Waals surface area contributed by atoms with E-state index in [9.17, 15) is 0 Å². The summed E-state index contributed by atoms with van der Waals surface area (Å²) in [5.41, 5.74) is 0. The first-order valence-electron chi connectivity index (χ1n) is 7.68. The van der Waals surface area contributed by atoms with E-state index in [1.165, 1.54) is 0 Å². The number of aromatic nitrogens is 2. The Morgan fingerprint density at radius 3 is 2.81 bits per heavy atom. The highest BCUT2D eigenvalue weighted by Gasteiger charge is 2.20. The smallest absolute Gasteiger partial charge is 0.204 e. The molecule has 0 unspecified atom stereocenters. The van der Waals surface area contributed by atoms with Gasteiger partial charge in [0.1, 0.15) is 6.33 Å². The summed E-state index contributed by atoms with van der Waals surface area (Å²) in [7, 11) is 3.73. The number of nitrogens with zero attached hydrogens (tertiary/aromatic N) is 3. The molecule has 1 saturated heterocycles. The molecule has 118 valence electrons. The molecule has 0 bridgehead atoms. The Balaban J connectivity index is 2.09. The van der Waals surface area contributed by atoms with E-state index in [2.05, 4.69) is 34.2 Å². The molecule has 0 aromatic carbocycles. The van der Waals surface area contributed by atoms with Crippen LogP contribution >= 0.6 is 0 Å². The van der Waals surface area contributed by atoms with Gasteiger partial charge in [0.25, 0.3) is 0 Å².